The fourth-order valence-corrected chi connectivity index (χ4v) is 1.99. The molecule has 0 saturated heterocycles. The summed E-state index contributed by atoms with van der Waals surface area (Å²) < 4.78 is 0. The Morgan fingerprint density at radius 2 is 2.53 bits per heavy atom. The Kier molecular flexibility index (Phi) is 4.92. The highest BCUT2D eigenvalue weighted by Crippen LogP contribution is 2.09. The fraction of sp³-hybridized carbons (Fsp3) is 0.417. The molecule has 3 heteroatoms. The number of amides is 1. The van der Waals surface area contributed by atoms with Gasteiger partial charge in [-0.3, -0.25) is 4.79 Å². The number of nitrogens with one attached hydrogen (secondary N) is 1. The molecule has 0 saturated carbocycles. The van der Waals surface area contributed by atoms with Crippen LogP contribution >= 0.6 is 11.3 Å². The van der Waals surface area contributed by atoms with E-state index < -0.39 is 0 Å². The van der Waals surface area contributed by atoms with Gasteiger partial charge in [-0.1, -0.05) is 13.0 Å². The summed E-state index contributed by atoms with van der Waals surface area (Å²) in [6.45, 7) is 2.02. The van der Waals surface area contributed by atoms with Gasteiger partial charge in [0.25, 0.3) is 0 Å². The summed E-state index contributed by atoms with van der Waals surface area (Å²) in [6, 6.07) is 4.03. The molecule has 0 aliphatic rings. The predicted octanol–water partition coefficient (Wildman–Crippen LogP) is 2.21. The Labute approximate surface area is 94.7 Å². The van der Waals surface area contributed by atoms with Gasteiger partial charge in [-0.15, -0.1) is 23.7 Å². The average Bonchev–Trinajstić information content (AvgIpc) is 2.69. The van der Waals surface area contributed by atoms with Crippen molar-refractivity contribution >= 4 is 17.2 Å². The first-order chi connectivity index (χ1) is 7.26. The van der Waals surface area contributed by atoms with Crippen molar-refractivity contribution in [1.82, 2.24) is 5.32 Å². The summed E-state index contributed by atoms with van der Waals surface area (Å²) in [6.07, 6.45) is 7.15. The number of carbonyl (C=O) groups excluding carboxylic acids is 1. The zero-order valence-corrected chi connectivity index (χ0v) is 9.64. The van der Waals surface area contributed by atoms with Gasteiger partial charge >= 0.3 is 0 Å². The molecule has 80 valence electrons. The van der Waals surface area contributed by atoms with Crippen molar-refractivity contribution in [3.05, 3.63) is 22.4 Å². The van der Waals surface area contributed by atoms with Gasteiger partial charge in [0.2, 0.25) is 5.91 Å². The lowest BCUT2D eigenvalue weighted by Gasteiger charge is -2.13. The van der Waals surface area contributed by atoms with Crippen LogP contribution in [-0.2, 0) is 11.2 Å². The first-order valence-electron chi connectivity index (χ1n) is 5.01. The predicted molar refractivity (Wildman–Crippen MR) is 63.7 cm³/mol. The molecule has 0 spiro atoms. The third-order valence-electron chi connectivity index (χ3n) is 2.14. The van der Waals surface area contributed by atoms with Crippen LogP contribution in [0.2, 0.25) is 0 Å². The lowest BCUT2D eigenvalue weighted by atomic mass is 10.1. The number of carbonyl (C=O) groups is 1. The van der Waals surface area contributed by atoms with Gasteiger partial charge < -0.3 is 5.32 Å². The third-order valence-corrected chi connectivity index (χ3v) is 3.01. The normalized spacial score (nSPS) is 11.7. The fourth-order valence-electron chi connectivity index (χ4n) is 1.29. The van der Waals surface area contributed by atoms with Crippen molar-refractivity contribution in [2.24, 2.45) is 0 Å². The van der Waals surface area contributed by atoms with Gasteiger partial charge in [-0.2, -0.15) is 0 Å². The summed E-state index contributed by atoms with van der Waals surface area (Å²) in [7, 11) is 0. The second-order valence-electron chi connectivity index (χ2n) is 3.34. The zero-order chi connectivity index (χ0) is 11.1. The quantitative estimate of drug-likeness (QED) is 0.759. The van der Waals surface area contributed by atoms with Crippen LogP contribution in [-0.4, -0.2) is 11.9 Å². The van der Waals surface area contributed by atoms with Crippen LogP contribution in [0.25, 0.3) is 0 Å². The summed E-state index contributed by atoms with van der Waals surface area (Å²) >= 11 is 1.60. The minimum atomic E-state index is 0.0551. The largest absolute Gasteiger partial charge is 0.352 e. The Balaban J connectivity index is 2.38. The molecule has 0 aromatic carbocycles. The van der Waals surface area contributed by atoms with E-state index in [0.29, 0.717) is 12.8 Å². The van der Waals surface area contributed by atoms with Crippen LogP contribution in [0.5, 0.6) is 0 Å². The van der Waals surface area contributed by atoms with Gasteiger partial charge in [-0.05, 0) is 17.9 Å². The van der Waals surface area contributed by atoms with Gasteiger partial charge in [0.1, 0.15) is 0 Å². The van der Waals surface area contributed by atoms with Crippen LogP contribution in [0.15, 0.2) is 17.5 Å². The highest BCUT2D eigenvalue weighted by Gasteiger charge is 2.09. The molecule has 1 heterocycles. The monoisotopic (exact) mass is 221 g/mol. The first-order valence-corrected chi connectivity index (χ1v) is 5.89. The third kappa shape index (κ3) is 4.18. The van der Waals surface area contributed by atoms with E-state index in [2.05, 4.69) is 11.2 Å². The van der Waals surface area contributed by atoms with Crippen LogP contribution in [0, 0.1) is 12.3 Å². The molecule has 0 aliphatic heterocycles. The summed E-state index contributed by atoms with van der Waals surface area (Å²) in [5, 5.41) is 4.90. The van der Waals surface area contributed by atoms with Crippen LogP contribution in [0.3, 0.4) is 0 Å². The Bertz CT molecular complexity index is 337. The van der Waals surface area contributed by atoms with Crippen molar-refractivity contribution in [2.45, 2.75) is 32.2 Å². The minimum Gasteiger partial charge on any atom is -0.352 e. The molecule has 1 aromatic heterocycles. The molecule has 15 heavy (non-hydrogen) atoms. The Morgan fingerprint density at radius 1 is 1.73 bits per heavy atom. The van der Waals surface area contributed by atoms with Crippen LogP contribution < -0.4 is 5.32 Å². The minimum absolute atomic E-state index is 0.0551. The summed E-state index contributed by atoms with van der Waals surface area (Å²) in [4.78, 5) is 12.7. The lowest BCUT2D eigenvalue weighted by Crippen LogP contribution is -2.34. The SMILES string of the molecule is C#CCC(CC)NC(=O)Cc1cccs1. The van der Waals surface area contributed by atoms with Gasteiger partial charge in [-0.25, -0.2) is 0 Å². The van der Waals surface area contributed by atoms with E-state index >= 15 is 0 Å². The van der Waals surface area contributed by atoms with Crippen molar-refractivity contribution in [1.29, 1.82) is 0 Å². The molecule has 0 radical (unpaired) electrons. The number of thiophene rings is 1. The summed E-state index contributed by atoms with van der Waals surface area (Å²) in [5.41, 5.74) is 0. The molecule has 0 fully saturated rings. The van der Waals surface area contributed by atoms with Crippen LogP contribution in [0.4, 0.5) is 0 Å². The topological polar surface area (TPSA) is 29.1 Å². The van der Waals surface area contributed by atoms with E-state index in [4.69, 9.17) is 6.42 Å². The molecule has 1 aromatic rings. The molecule has 1 amide bonds. The van der Waals surface area contributed by atoms with Crippen molar-refractivity contribution in [3.63, 3.8) is 0 Å². The standard InChI is InChI=1S/C12H15NOS/c1-3-6-10(4-2)13-12(14)9-11-7-5-8-15-11/h1,5,7-8,10H,4,6,9H2,2H3,(H,13,14). The number of terminal acetylenes is 1. The molecule has 2 nitrogen and oxygen atoms in total. The molecule has 1 rings (SSSR count). The summed E-state index contributed by atoms with van der Waals surface area (Å²) in [5.74, 6) is 2.63. The number of hydrogen-bond donors (Lipinski definition) is 1. The first kappa shape index (κ1) is 11.8. The maximum absolute atomic E-state index is 11.6. The van der Waals surface area contributed by atoms with E-state index in [-0.39, 0.29) is 11.9 Å². The molecule has 1 atom stereocenters. The van der Waals surface area contributed by atoms with E-state index in [1.165, 1.54) is 0 Å². The van der Waals surface area contributed by atoms with E-state index in [9.17, 15) is 4.79 Å². The maximum Gasteiger partial charge on any atom is 0.225 e. The van der Waals surface area contributed by atoms with Crippen molar-refractivity contribution in [2.75, 3.05) is 0 Å². The molecule has 1 unspecified atom stereocenters. The highest BCUT2D eigenvalue weighted by atomic mass is 32.1. The molecule has 0 aliphatic carbocycles. The zero-order valence-electron chi connectivity index (χ0n) is 8.82. The number of rotatable bonds is 5. The average molecular weight is 221 g/mol. The van der Waals surface area contributed by atoms with Crippen molar-refractivity contribution in [3.8, 4) is 12.3 Å². The Morgan fingerprint density at radius 3 is 3.07 bits per heavy atom. The Hall–Kier alpha value is -1.27. The number of hydrogen-bond acceptors (Lipinski definition) is 2. The lowest BCUT2D eigenvalue weighted by molar-refractivity contribution is -0.121. The van der Waals surface area contributed by atoms with Gasteiger partial charge in [0.05, 0.1) is 6.42 Å². The van der Waals surface area contributed by atoms with E-state index in [0.717, 1.165) is 11.3 Å². The molecule has 0 bridgehead atoms. The smallest absolute Gasteiger partial charge is 0.225 e. The molecular formula is C12H15NOS. The van der Waals surface area contributed by atoms with Gasteiger partial charge in [0, 0.05) is 17.3 Å². The van der Waals surface area contributed by atoms with Crippen LogP contribution in [0.1, 0.15) is 24.6 Å². The highest BCUT2D eigenvalue weighted by molar-refractivity contribution is 7.10. The second-order valence-corrected chi connectivity index (χ2v) is 4.37. The van der Waals surface area contributed by atoms with Crippen molar-refractivity contribution < 1.29 is 4.79 Å². The van der Waals surface area contributed by atoms with E-state index in [1.807, 2.05) is 24.4 Å². The molecular weight excluding hydrogens is 206 g/mol. The second kappa shape index (κ2) is 6.26. The van der Waals surface area contributed by atoms with Gasteiger partial charge in [0.15, 0.2) is 0 Å². The maximum atomic E-state index is 11.6. The molecule has 1 N–H and O–H groups in total. The van der Waals surface area contributed by atoms with E-state index in [1.54, 1.807) is 11.3 Å².